The molecular weight excluding hydrogens is 244 g/mol. The number of fused-ring (bicyclic) bond motifs is 1. The third-order valence-electron chi connectivity index (χ3n) is 4.58. The minimum absolute atomic E-state index is 0.572. The minimum atomic E-state index is 0.572. The molecular formula is C18H28N2. The minimum Gasteiger partial charge on any atom is -0.346 e. The number of nitrogens with zero attached hydrogens (tertiary/aromatic N) is 1. The van der Waals surface area contributed by atoms with Crippen molar-refractivity contribution in [3.8, 4) is 0 Å². The molecule has 0 saturated heterocycles. The molecule has 0 bridgehead atoms. The molecule has 1 heterocycles. The Kier molecular flexibility index (Phi) is 4.87. The summed E-state index contributed by atoms with van der Waals surface area (Å²) < 4.78 is 2.33. The highest BCUT2D eigenvalue weighted by molar-refractivity contribution is 5.85. The van der Waals surface area contributed by atoms with Gasteiger partial charge < -0.3 is 9.88 Å². The molecule has 1 aromatic heterocycles. The number of nitrogens with one attached hydrogen (secondary N) is 1. The fourth-order valence-corrected chi connectivity index (χ4v) is 3.01. The summed E-state index contributed by atoms with van der Waals surface area (Å²) >= 11 is 0. The molecule has 0 aliphatic rings. The Morgan fingerprint density at radius 1 is 1.20 bits per heavy atom. The van der Waals surface area contributed by atoms with Gasteiger partial charge in [0.25, 0.3) is 0 Å². The highest BCUT2D eigenvalue weighted by Crippen LogP contribution is 2.24. The van der Waals surface area contributed by atoms with Crippen LogP contribution in [0.15, 0.2) is 24.3 Å². The van der Waals surface area contributed by atoms with Crippen LogP contribution in [0.4, 0.5) is 0 Å². The van der Waals surface area contributed by atoms with Gasteiger partial charge >= 0.3 is 0 Å². The van der Waals surface area contributed by atoms with Gasteiger partial charge in [0.1, 0.15) is 0 Å². The Hall–Kier alpha value is -1.28. The van der Waals surface area contributed by atoms with Crippen molar-refractivity contribution in [1.29, 1.82) is 0 Å². The highest BCUT2D eigenvalue weighted by Gasteiger charge is 2.12. The number of rotatable bonds is 6. The third-order valence-corrected chi connectivity index (χ3v) is 4.58. The standard InChI is InChI=1S/C18H28N2/c1-6-13(2)11-14(3)19-12-18-15(4)16-9-7-8-10-17(16)20(18)5/h7-10,13-14,19H,6,11-12H2,1-5H3. The van der Waals surface area contributed by atoms with Gasteiger partial charge in [-0.15, -0.1) is 0 Å². The molecule has 110 valence electrons. The van der Waals surface area contributed by atoms with Gasteiger partial charge in [0.2, 0.25) is 0 Å². The lowest BCUT2D eigenvalue weighted by Gasteiger charge is -2.18. The van der Waals surface area contributed by atoms with E-state index in [1.807, 2.05) is 0 Å². The van der Waals surface area contributed by atoms with Crippen LogP contribution < -0.4 is 5.32 Å². The maximum absolute atomic E-state index is 3.69. The Bertz CT molecular complexity index is 529. The van der Waals surface area contributed by atoms with E-state index in [-0.39, 0.29) is 0 Å². The maximum Gasteiger partial charge on any atom is 0.0483 e. The molecule has 2 aromatic rings. The van der Waals surface area contributed by atoms with Gasteiger partial charge in [-0.1, -0.05) is 38.5 Å². The van der Waals surface area contributed by atoms with Crippen molar-refractivity contribution in [3.63, 3.8) is 0 Å². The first-order valence-electron chi connectivity index (χ1n) is 7.80. The quantitative estimate of drug-likeness (QED) is 0.824. The van der Waals surface area contributed by atoms with E-state index in [4.69, 9.17) is 0 Å². The normalized spacial score (nSPS) is 14.7. The van der Waals surface area contributed by atoms with Crippen LogP contribution in [0.2, 0.25) is 0 Å². The zero-order valence-corrected chi connectivity index (χ0v) is 13.5. The van der Waals surface area contributed by atoms with Crippen molar-refractivity contribution in [1.82, 2.24) is 9.88 Å². The summed E-state index contributed by atoms with van der Waals surface area (Å²) in [5, 5.41) is 5.06. The van der Waals surface area contributed by atoms with E-state index in [0.717, 1.165) is 12.5 Å². The Morgan fingerprint density at radius 2 is 1.90 bits per heavy atom. The van der Waals surface area contributed by atoms with E-state index in [0.29, 0.717) is 6.04 Å². The van der Waals surface area contributed by atoms with E-state index in [2.05, 4.69) is 68.9 Å². The van der Waals surface area contributed by atoms with Gasteiger partial charge in [-0.05, 0) is 37.8 Å². The van der Waals surface area contributed by atoms with E-state index in [1.165, 1.54) is 35.0 Å². The second kappa shape index (κ2) is 6.45. The molecule has 0 saturated carbocycles. The second-order valence-electron chi connectivity index (χ2n) is 6.18. The molecule has 20 heavy (non-hydrogen) atoms. The van der Waals surface area contributed by atoms with E-state index >= 15 is 0 Å². The van der Waals surface area contributed by atoms with Crippen LogP contribution in [0, 0.1) is 12.8 Å². The van der Waals surface area contributed by atoms with Gasteiger partial charge in [0, 0.05) is 36.2 Å². The Balaban J connectivity index is 2.10. The van der Waals surface area contributed by atoms with Crippen LogP contribution in [0.5, 0.6) is 0 Å². The van der Waals surface area contributed by atoms with E-state index < -0.39 is 0 Å². The summed E-state index contributed by atoms with van der Waals surface area (Å²) in [4.78, 5) is 0. The van der Waals surface area contributed by atoms with Crippen LogP contribution >= 0.6 is 0 Å². The molecule has 1 aromatic carbocycles. The summed E-state index contributed by atoms with van der Waals surface area (Å²) in [7, 11) is 2.17. The zero-order chi connectivity index (χ0) is 14.7. The summed E-state index contributed by atoms with van der Waals surface area (Å²) in [6.07, 6.45) is 2.51. The van der Waals surface area contributed by atoms with Gasteiger partial charge in [0.15, 0.2) is 0 Å². The third kappa shape index (κ3) is 3.06. The lowest BCUT2D eigenvalue weighted by Crippen LogP contribution is -2.28. The van der Waals surface area contributed by atoms with E-state index in [1.54, 1.807) is 0 Å². The molecule has 0 radical (unpaired) electrons. The number of aromatic nitrogens is 1. The SMILES string of the molecule is CCC(C)CC(C)NCc1c(C)c2ccccc2n1C. The summed E-state index contributed by atoms with van der Waals surface area (Å²) in [6, 6.07) is 9.23. The van der Waals surface area contributed by atoms with Gasteiger partial charge in [0.05, 0.1) is 0 Å². The molecule has 0 spiro atoms. The second-order valence-corrected chi connectivity index (χ2v) is 6.18. The lowest BCUT2D eigenvalue weighted by molar-refractivity contribution is 0.409. The number of hydrogen-bond donors (Lipinski definition) is 1. The molecule has 0 amide bonds. The smallest absolute Gasteiger partial charge is 0.0483 e. The largest absolute Gasteiger partial charge is 0.346 e. The topological polar surface area (TPSA) is 17.0 Å². The summed E-state index contributed by atoms with van der Waals surface area (Å²) in [5.41, 5.74) is 4.14. The van der Waals surface area contributed by atoms with Crippen LogP contribution in [-0.4, -0.2) is 10.6 Å². The molecule has 0 aliphatic carbocycles. The fraction of sp³-hybridized carbons (Fsp3) is 0.556. The van der Waals surface area contributed by atoms with Crippen LogP contribution in [0.3, 0.4) is 0 Å². The molecule has 2 unspecified atom stereocenters. The average molecular weight is 272 g/mol. The fourth-order valence-electron chi connectivity index (χ4n) is 3.01. The summed E-state index contributed by atoms with van der Waals surface area (Å²) in [6.45, 7) is 10.1. The molecule has 2 atom stereocenters. The molecule has 2 nitrogen and oxygen atoms in total. The van der Waals surface area contributed by atoms with Crippen LogP contribution in [-0.2, 0) is 13.6 Å². The molecule has 2 heteroatoms. The van der Waals surface area contributed by atoms with E-state index in [9.17, 15) is 0 Å². The monoisotopic (exact) mass is 272 g/mol. The zero-order valence-electron chi connectivity index (χ0n) is 13.5. The maximum atomic E-state index is 3.69. The van der Waals surface area contributed by atoms with Gasteiger partial charge in [-0.3, -0.25) is 0 Å². The van der Waals surface area contributed by atoms with Crippen molar-refractivity contribution in [2.24, 2.45) is 13.0 Å². The molecule has 0 fully saturated rings. The van der Waals surface area contributed by atoms with Crippen molar-refractivity contribution in [2.45, 2.75) is 53.1 Å². The number of para-hydroxylation sites is 1. The van der Waals surface area contributed by atoms with Crippen molar-refractivity contribution in [3.05, 3.63) is 35.5 Å². The number of hydrogen-bond acceptors (Lipinski definition) is 1. The van der Waals surface area contributed by atoms with Gasteiger partial charge in [-0.2, -0.15) is 0 Å². The first-order chi connectivity index (χ1) is 9.54. The van der Waals surface area contributed by atoms with Gasteiger partial charge in [-0.25, -0.2) is 0 Å². The van der Waals surface area contributed by atoms with Crippen LogP contribution in [0.1, 0.15) is 44.9 Å². The predicted molar refractivity (Wildman–Crippen MR) is 88.0 cm³/mol. The molecule has 1 N–H and O–H groups in total. The van der Waals surface area contributed by atoms with Crippen molar-refractivity contribution in [2.75, 3.05) is 0 Å². The van der Waals surface area contributed by atoms with Crippen molar-refractivity contribution < 1.29 is 0 Å². The average Bonchev–Trinajstić information content (AvgIpc) is 2.69. The Labute approximate surface area is 123 Å². The molecule has 2 rings (SSSR count). The Morgan fingerprint density at radius 3 is 2.55 bits per heavy atom. The first-order valence-corrected chi connectivity index (χ1v) is 7.80. The lowest BCUT2D eigenvalue weighted by atomic mass is 10.0. The van der Waals surface area contributed by atoms with Crippen LogP contribution in [0.25, 0.3) is 10.9 Å². The molecule has 0 aliphatic heterocycles. The first kappa shape index (κ1) is 15.1. The number of benzene rings is 1. The van der Waals surface area contributed by atoms with Crippen molar-refractivity contribution >= 4 is 10.9 Å². The highest BCUT2D eigenvalue weighted by atomic mass is 15.0. The predicted octanol–water partition coefficient (Wildman–Crippen LogP) is 4.40. The summed E-state index contributed by atoms with van der Waals surface area (Å²) in [5.74, 6) is 0.797. The number of aryl methyl sites for hydroxylation is 2.